The fraction of sp³-hybridized carbons (Fsp3) is 0.333. The first kappa shape index (κ1) is 10.6. The zero-order valence-corrected chi connectivity index (χ0v) is 9.06. The number of hydroxylamine groups is 1. The van der Waals surface area contributed by atoms with Crippen molar-refractivity contribution in [3.8, 4) is 0 Å². The summed E-state index contributed by atoms with van der Waals surface area (Å²) in [5.41, 5.74) is 3.25. The van der Waals surface area contributed by atoms with E-state index in [4.69, 9.17) is 4.84 Å². The number of hydrogen-bond donors (Lipinski definition) is 1. The Labute approximate surface area is 85.2 Å². The molecular formula is C9H11BrFNO. The summed E-state index contributed by atoms with van der Waals surface area (Å²) in [6.07, 6.45) is 0. The molecule has 1 N–H and O–H groups in total. The van der Waals surface area contributed by atoms with Crippen LogP contribution < -0.4 is 5.48 Å². The van der Waals surface area contributed by atoms with E-state index in [9.17, 15) is 4.39 Å². The van der Waals surface area contributed by atoms with E-state index in [0.717, 1.165) is 4.47 Å². The van der Waals surface area contributed by atoms with E-state index in [-0.39, 0.29) is 11.9 Å². The number of halogens is 2. The van der Waals surface area contributed by atoms with Crippen LogP contribution >= 0.6 is 15.9 Å². The van der Waals surface area contributed by atoms with Crippen LogP contribution in [0.15, 0.2) is 22.7 Å². The van der Waals surface area contributed by atoms with E-state index in [1.165, 1.54) is 13.2 Å². The van der Waals surface area contributed by atoms with Gasteiger partial charge in [-0.2, -0.15) is 5.48 Å². The molecule has 0 radical (unpaired) electrons. The maximum Gasteiger partial charge on any atom is 0.129 e. The maximum atomic E-state index is 13.3. The Bertz CT molecular complexity index is 293. The highest BCUT2D eigenvalue weighted by atomic mass is 79.9. The lowest BCUT2D eigenvalue weighted by atomic mass is 10.1. The number of benzene rings is 1. The minimum Gasteiger partial charge on any atom is -0.305 e. The minimum atomic E-state index is -0.244. The molecule has 0 aliphatic heterocycles. The average Bonchev–Trinajstić information content (AvgIpc) is 2.04. The Morgan fingerprint density at radius 2 is 2.23 bits per heavy atom. The predicted octanol–water partition coefficient (Wildman–Crippen LogP) is 2.80. The summed E-state index contributed by atoms with van der Waals surface area (Å²) >= 11 is 3.19. The van der Waals surface area contributed by atoms with Gasteiger partial charge in [-0.25, -0.2) is 4.39 Å². The molecule has 1 rings (SSSR count). The fourth-order valence-corrected chi connectivity index (χ4v) is 1.43. The van der Waals surface area contributed by atoms with Crippen LogP contribution in [0.3, 0.4) is 0 Å². The van der Waals surface area contributed by atoms with Crippen LogP contribution in [0.4, 0.5) is 4.39 Å². The largest absolute Gasteiger partial charge is 0.305 e. The molecule has 0 heterocycles. The summed E-state index contributed by atoms with van der Waals surface area (Å²) < 4.78 is 14.0. The van der Waals surface area contributed by atoms with Gasteiger partial charge in [-0.1, -0.05) is 22.0 Å². The van der Waals surface area contributed by atoms with Gasteiger partial charge in [0, 0.05) is 10.0 Å². The molecule has 4 heteroatoms. The summed E-state index contributed by atoms with van der Waals surface area (Å²) in [5.74, 6) is -0.244. The summed E-state index contributed by atoms with van der Waals surface area (Å²) in [4.78, 5) is 4.71. The molecule has 0 bridgehead atoms. The van der Waals surface area contributed by atoms with Gasteiger partial charge >= 0.3 is 0 Å². The molecule has 0 saturated heterocycles. The molecule has 1 unspecified atom stereocenters. The van der Waals surface area contributed by atoms with Crippen LogP contribution in [-0.2, 0) is 4.84 Å². The predicted molar refractivity (Wildman–Crippen MR) is 52.7 cm³/mol. The summed E-state index contributed by atoms with van der Waals surface area (Å²) in [5, 5.41) is 0. The van der Waals surface area contributed by atoms with Crippen LogP contribution in [0.1, 0.15) is 18.5 Å². The van der Waals surface area contributed by atoms with Crippen molar-refractivity contribution in [2.75, 3.05) is 7.11 Å². The lowest BCUT2D eigenvalue weighted by Gasteiger charge is -2.12. The van der Waals surface area contributed by atoms with Gasteiger partial charge in [-0.05, 0) is 19.1 Å². The second kappa shape index (κ2) is 4.69. The van der Waals surface area contributed by atoms with Crippen LogP contribution in [0, 0.1) is 5.82 Å². The van der Waals surface area contributed by atoms with Crippen LogP contribution in [0.25, 0.3) is 0 Å². The zero-order chi connectivity index (χ0) is 9.84. The van der Waals surface area contributed by atoms with Crippen molar-refractivity contribution < 1.29 is 9.23 Å². The Morgan fingerprint density at radius 1 is 1.54 bits per heavy atom. The molecule has 2 nitrogen and oxygen atoms in total. The van der Waals surface area contributed by atoms with Crippen molar-refractivity contribution in [2.45, 2.75) is 13.0 Å². The van der Waals surface area contributed by atoms with Gasteiger partial charge < -0.3 is 4.84 Å². The van der Waals surface area contributed by atoms with Gasteiger partial charge in [0.2, 0.25) is 0 Å². The van der Waals surface area contributed by atoms with E-state index in [2.05, 4.69) is 21.4 Å². The second-order valence-electron chi connectivity index (χ2n) is 2.71. The molecule has 0 fully saturated rings. The van der Waals surface area contributed by atoms with Gasteiger partial charge in [-0.15, -0.1) is 0 Å². The highest BCUT2D eigenvalue weighted by Gasteiger charge is 2.09. The fourth-order valence-electron chi connectivity index (χ4n) is 1.09. The van der Waals surface area contributed by atoms with E-state index < -0.39 is 0 Å². The van der Waals surface area contributed by atoms with Gasteiger partial charge in [-0.3, -0.25) is 0 Å². The summed E-state index contributed by atoms with van der Waals surface area (Å²) in [7, 11) is 1.51. The van der Waals surface area contributed by atoms with E-state index in [1.54, 1.807) is 12.1 Å². The zero-order valence-electron chi connectivity index (χ0n) is 7.47. The molecule has 1 aromatic carbocycles. The SMILES string of the molecule is CONC(C)c1ccc(Br)cc1F. The van der Waals surface area contributed by atoms with Crippen molar-refractivity contribution in [3.05, 3.63) is 34.1 Å². The lowest BCUT2D eigenvalue weighted by Crippen LogP contribution is -2.17. The quantitative estimate of drug-likeness (QED) is 0.830. The molecule has 0 saturated carbocycles. The molecule has 72 valence electrons. The Balaban J connectivity index is 2.88. The molecule has 1 aromatic rings. The van der Waals surface area contributed by atoms with Crippen LogP contribution in [0.5, 0.6) is 0 Å². The first-order chi connectivity index (χ1) is 6.15. The van der Waals surface area contributed by atoms with Crippen molar-refractivity contribution in [3.63, 3.8) is 0 Å². The standard InChI is InChI=1S/C9H11BrFNO/c1-6(12-13-2)8-4-3-7(10)5-9(8)11/h3-6,12H,1-2H3. The monoisotopic (exact) mass is 247 g/mol. The normalized spacial score (nSPS) is 12.9. The third-order valence-electron chi connectivity index (χ3n) is 1.72. The van der Waals surface area contributed by atoms with Gasteiger partial charge in [0.05, 0.1) is 13.2 Å². The molecular weight excluding hydrogens is 237 g/mol. The molecule has 0 spiro atoms. The number of hydrogen-bond acceptors (Lipinski definition) is 2. The van der Waals surface area contributed by atoms with Crippen LogP contribution in [-0.4, -0.2) is 7.11 Å². The Kier molecular flexibility index (Phi) is 3.84. The van der Waals surface area contributed by atoms with Crippen molar-refractivity contribution in [2.24, 2.45) is 0 Å². The third kappa shape index (κ3) is 2.76. The molecule has 0 aliphatic rings. The summed E-state index contributed by atoms with van der Waals surface area (Å²) in [6, 6.07) is 4.80. The van der Waals surface area contributed by atoms with Crippen LogP contribution in [0.2, 0.25) is 0 Å². The molecule has 1 atom stereocenters. The minimum absolute atomic E-state index is 0.155. The lowest BCUT2D eigenvalue weighted by molar-refractivity contribution is 0.0648. The topological polar surface area (TPSA) is 21.3 Å². The number of nitrogens with one attached hydrogen (secondary N) is 1. The van der Waals surface area contributed by atoms with E-state index in [0.29, 0.717) is 5.56 Å². The highest BCUT2D eigenvalue weighted by Crippen LogP contribution is 2.20. The number of rotatable bonds is 3. The average molecular weight is 248 g/mol. The van der Waals surface area contributed by atoms with Gasteiger partial charge in [0.25, 0.3) is 0 Å². The first-order valence-electron chi connectivity index (χ1n) is 3.88. The maximum absolute atomic E-state index is 13.3. The smallest absolute Gasteiger partial charge is 0.129 e. The molecule has 0 aliphatic carbocycles. The molecule has 0 aromatic heterocycles. The molecule has 0 amide bonds. The van der Waals surface area contributed by atoms with Gasteiger partial charge in [0.15, 0.2) is 0 Å². The Morgan fingerprint density at radius 3 is 2.77 bits per heavy atom. The first-order valence-corrected chi connectivity index (χ1v) is 4.68. The third-order valence-corrected chi connectivity index (χ3v) is 2.22. The summed E-state index contributed by atoms with van der Waals surface area (Å²) in [6.45, 7) is 1.83. The Hall–Kier alpha value is -0.450. The van der Waals surface area contributed by atoms with Crippen molar-refractivity contribution >= 4 is 15.9 Å². The van der Waals surface area contributed by atoms with E-state index in [1.807, 2.05) is 6.92 Å². The van der Waals surface area contributed by atoms with Crippen molar-refractivity contribution in [1.82, 2.24) is 5.48 Å². The second-order valence-corrected chi connectivity index (χ2v) is 3.63. The highest BCUT2D eigenvalue weighted by molar-refractivity contribution is 9.10. The van der Waals surface area contributed by atoms with Crippen molar-refractivity contribution in [1.29, 1.82) is 0 Å². The van der Waals surface area contributed by atoms with Gasteiger partial charge in [0.1, 0.15) is 5.82 Å². The van der Waals surface area contributed by atoms with E-state index >= 15 is 0 Å². The molecule has 13 heavy (non-hydrogen) atoms.